The summed E-state index contributed by atoms with van der Waals surface area (Å²) < 4.78 is 1.88. The van der Waals surface area contributed by atoms with Crippen LogP contribution in [0.15, 0.2) is 54.7 Å². The van der Waals surface area contributed by atoms with Gasteiger partial charge in [0.15, 0.2) is 5.96 Å². The molecule has 6 heteroatoms. The minimum absolute atomic E-state index is 0.690. The van der Waals surface area contributed by atoms with Crippen molar-refractivity contribution in [2.45, 2.75) is 19.4 Å². The predicted molar refractivity (Wildman–Crippen MR) is 93.6 cm³/mol. The highest BCUT2D eigenvalue weighted by molar-refractivity contribution is 5.79. The van der Waals surface area contributed by atoms with Crippen LogP contribution in [-0.4, -0.2) is 46.0 Å². The molecule has 0 aliphatic rings. The Morgan fingerprint density at radius 1 is 1.48 bits per heavy atom. The molecular weight excluding hydrogens is 288 g/mol. The molecule has 0 saturated carbocycles. The van der Waals surface area contributed by atoms with E-state index in [1.165, 1.54) is 0 Å². The predicted octanol–water partition coefficient (Wildman–Crippen LogP) is 2.24. The van der Waals surface area contributed by atoms with Crippen molar-refractivity contribution in [2.75, 3.05) is 20.6 Å². The van der Waals surface area contributed by atoms with E-state index in [2.05, 4.69) is 37.8 Å². The van der Waals surface area contributed by atoms with Crippen LogP contribution >= 0.6 is 0 Å². The quantitative estimate of drug-likeness (QED) is 0.369. The fourth-order valence-corrected chi connectivity index (χ4v) is 2.21. The molecule has 0 unspecified atom stereocenters. The standard InChI is InChI=1S/C17H24N6/c1-4-5-6-10-22(3)17(18-2)21-13-15-7-8-16(20-12-15)23-11-9-19-14-23/h4,7-9,11-12,14H,1,5-6,10,13H2,2-3H3,(H,18,21). The molecule has 6 nitrogen and oxygen atoms in total. The maximum atomic E-state index is 4.45. The SMILES string of the molecule is C=CCCCN(C)C(=NC)NCc1ccc(-n2ccnc2)nc1. The molecule has 2 aromatic rings. The molecule has 2 heterocycles. The van der Waals surface area contributed by atoms with E-state index in [0.29, 0.717) is 6.54 Å². The van der Waals surface area contributed by atoms with Crippen LogP contribution in [0.25, 0.3) is 5.82 Å². The van der Waals surface area contributed by atoms with Gasteiger partial charge in [-0.25, -0.2) is 9.97 Å². The van der Waals surface area contributed by atoms with Gasteiger partial charge in [0.25, 0.3) is 0 Å². The van der Waals surface area contributed by atoms with Crippen LogP contribution in [0.3, 0.4) is 0 Å². The van der Waals surface area contributed by atoms with Gasteiger partial charge in [0.2, 0.25) is 0 Å². The molecule has 0 saturated heterocycles. The van der Waals surface area contributed by atoms with Crippen LogP contribution in [0, 0.1) is 0 Å². The van der Waals surface area contributed by atoms with Gasteiger partial charge in [-0.3, -0.25) is 9.56 Å². The van der Waals surface area contributed by atoms with Crippen molar-refractivity contribution in [3.05, 3.63) is 55.3 Å². The third-order valence-corrected chi connectivity index (χ3v) is 3.50. The fraction of sp³-hybridized carbons (Fsp3) is 0.353. The Morgan fingerprint density at radius 3 is 2.96 bits per heavy atom. The van der Waals surface area contributed by atoms with Crippen molar-refractivity contribution in [1.29, 1.82) is 0 Å². The molecular formula is C17H24N6. The number of hydrogen-bond acceptors (Lipinski definition) is 3. The molecule has 122 valence electrons. The minimum atomic E-state index is 0.690. The van der Waals surface area contributed by atoms with Gasteiger partial charge >= 0.3 is 0 Å². The van der Waals surface area contributed by atoms with Gasteiger partial charge < -0.3 is 10.2 Å². The molecule has 0 radical (unpaired) electrons. The Bertz CT molecular complexity index is 615. The highest BCUT2D eigenvalue weighted by Crippen LogP contribution is 2.05. The Morgan fingerprint density at radius 2 is 2.35 bits per heavy atom. The first-order valence-electron chi connectivity index (χ1n) is 7.70. The molecule has 0 aliphatic carbocycles. The molecule has 0 aromatic carbocycles. The van der Waals surface area contributed by atoms with Crippen molar-refractivity contribution in [3.8, 4) is 5.82 Å². The van der Waals surface area contributed by atoms with E-state index in [9.17, 15) is 0 Å². The second kappa shape index (κ2) is 8.73. The Balaban J connectivity index is 1.87. The van der Waals surface area contributed by atoms with Crippen molar-refractivity contribution in [3.63, 3.8) is 0 Å². The lowest BCUT2D eigenvalue weighted by molar-refractivity contribution is 0.470. The largest absolute Gasteiger partial charge is 0.352 e. The normalized spacial score (nSPS) is 11.3. The smallest absolute Gasteiger partial charge is 0.193 e. The fourth-order valence-electron chi connectivity index (χ4n) is 2.21. The van der Waals surface area contributed by atoms with Crippen LogP contribution in [0.5, 0.6) is 0 Å². The van der Waals surface area contributed by atoms with Crippen LogP contribution in [0.1, 0.15) is 18.4 Å². The first kappa shape index (κ1) is 16.7. The summed E-state index contributed by atoms with van der Waals surface area (Å²) in [5.41, 5.74) is 1.11. The van der Waals surface area contributed by atoms with E-state index in [0.717, 1.165) is 36.7 Å². The van der Waals surface area contributed by atoms with Gasteiger partial charge in [-0.1, -0.05) is 12.1 Å². The van der Waals surface area contributed by atoms with E-state index in [1.807, 2.05) is 36.2 Å². The van der Waals surface area contributed by atoms with Crippen LogP contribution in [-0.2, 0) is 6.54 Å². The highest BCUT2D eigenvalue weighted by atomic mass is 15.3. The van der Waals surface area contributed by atoms with Gasteiger partial charge in [-0.05, 0) is 24.5 Å². The molecule has 23 heavy (non-hydrogen) atoms. The average Bonchev–Trinajstić information content (AvgIpc) is 3.11. The summed E-state index contributed by atoms with van der Waals surface area (Å²) in [6, 6.07) is 4.04. The summed E-state index contributed by atoms with van der Waals surface area (Å²) in [6.07, 6.45) is 11.2. The van der Waals surface area contributed by atoms with Gasteiger partial charge in [0.1, 0.15) is 12.1 Å². The van der Waals surface area contributed by atoms with Crippen molar-refractivity contribution in [2.24, 2.45) is 4.99 Å². The summed E-state index contributed by atoms with van der Waals surface area (Å²) >= 11 is 0. The van der Waals surface area contributed by atoms with Gasteiger partial charge in [-0.15, -0.1) is 6.58 Å². The van der Waals surface area contributed by atoms with E-state index in [4.69, 9.17) is 0 Å². The highest BCUT2D eigenvalue weighted by Gasteiger charge is 2.05. The number of hydrogen-bond donors (Lipinski definition) is 1. The number of guanidine groups is 1. The third kappa shape index (κ3) is 4.95. The van der Waals surface area contributed by atoms with Crippen LogP contribution in [0.2, 0.25) is 0 Å². The lowest BCUT2D eigenvalue weighted by Crippen LogP contribution is -2.39. The van der Waals surface area contributed by atoms with E-state index < -0.39 is 0 Å². The molecule has 0 spiro atoms. The van der Waals surface area contributed by atoms with Crippen molar-refractivity contribution >= 4 is 5.96 Å². The number of imidazole rings is 1. The Labute approximate surface area is 137 Å². The molecule has 0 amide bonds. The second-order valence-corrected chi connectivity index (χ2v) is 5.25. The number of allylic oxidation sites excluding steroid dienone is 1. The number of aromatic nitrogens is 3. The zero-order valence-corrected chi connectivity index (χ0v) is 13.8. The number of nitrogens with zero attached hydrogens (tertiary/aromatic N) is 5. The monoisotopic (exact) mass is 312 g/mol. The molecule has 0 atom stereocenters. The minimum Gasteiger partial charge on any atom is -0.352 e. The average molecular weight is 312 g/mol. The number of pyridine rings is 1. The molecule has 0 fully saturated rings. The number of unbranched alkanes of at least 4 members (excludes halogenated alkanes) is 1. The lowest BCUT2D eigenvalue weighted by Gasteiger charge is -2.21. The number of aliphatic imine (C=N–C) groups is 1. The molecule has 2 aromatic heterocycles. The molecule has 1 N–H and O–H groups in total. The number of nitrogens with one attached hydrogen (secondary N) is 1. The maximum Gasteiger partial charge on any atom is 0.193 e. The van der Waals surface area contributed by atoms with Gasteiger partial charge in [0.05, 0.1) is 0 Å². The molecule has 0 aliphatic heterocycles. The number of rotatable bonds is 7. The Kier molecular flexibility index (Phi) is 6.35. The first-order valence-corrected chi connectivity index (χ1v) is 7.70. The van der Waals surface area contributed by atoms with Gasteiger partial charge in [-0.2, -0.15) is 0 Å². The maximum absolute atomic E-state index is 4.45. The summed E-state index contributed by atoms with van der Waals surface area (Å²) in [7, 11) is 3.84. The second-order valence-electron chi connectivity index (χ2n) is 5.25. The summed E-state index contributed by atoms with van der Waals surface area (Å²) in [4.78, 5) is 14.9. The van der Waals surface area contributed by atoms with Crippen LogP contribution < -0.4 is 5.32 Å². The molecule has 2 rings (SSSR count). The third-order valence-electron chi connectivity index (χ3n) is 3.50. The zero-order chi connectivity index (χ0) is 16.5. The summed E-state index contributed by atoms with van der Waals surface area (Å²) in [5.74, 6) is 1.74. The van der Waals surface area contributed by atoms with Crippen molar-refractivity contribution in [1.82, 2.24) is 24.8 Å². The summed E-state index contributed by atoms with van der Waals surface area (Å²) in [5, 5.41) is 3.36. The Hall–Kier alpha value is -2.63. The van der Waals surface area contributed by atoms with E-state index in [1.54, 1.807) is 19.6 Å². The van der Waals surface area contributed by atoms with Gasteiger partial charge in [0, 0.05) is 45.8 Å². The van der Waals surface area contributed by atoms with Crippen molar-refractivity contribution < 1.29 is 0 Å². The molecule has 0 bridgehead atoms. The van der Waals surface area contributed by atoms with Crippen LogP contribution in [0.4, 0.5) is 0 Å². The zero-order valence-electron chi connectivity index (χ0n) is 13.8. The summed E-state index contributed by atoms with van der Waals surface area (Å²) in [6.45, 7) is 5.39. The topological polar surface area (TPSA) is 58.3 Å². The van der Waals surface area contributed by atoms with E-state index in [-0.39, 0.29) is 0 Å². The van der Waals surface area contributed by atoms with E-state index >= 15 is 0 Å². The lowest BCUT2D eigenvalue weighted by atomic mass is 10.3. The first-order chi connectivity index (χ1) is 11.2.